The number of methoxy groups -OCH3 is 1. The summed E-state index contributed by atoms with van der Waals surface area (Å²) in [5.74, 6) is 1.30. The molecule has 0 aliphatic carbocycles. The van der Waals surface area contributed by atoms with E-state index >= 15 is 0 Å². The molecule has 1 aromatic rings. The van der Waals surface area contributed by atoms with Crippen molar-refractivity contribution in [2.45, 2.75) is 12.3 Å². The van der Waals surface area contributed by atoms with E-state index < -0.39 is 0 Å². The first-order valence-electron chi connectivity index (χ1n) is 7.01. The largest absolute Gasteiger partial charge is 0.496 e. The molecule has 0 radical (unpaired) electrons. The van der Waals surface area contributed by atoms with Gasteiger partial charge in [0, 0.05) is 43.5 Å². The Labute approximate surface area is 135 Å². The number of anilines is 1. The number of alkyl halides is 2. The van der Waals surface area contributed by atoms with E-state index in [-0.39, 0.29) is 11.8 Å². The fourth-order valence-corrected chi connectivity index (χ4v) is 2.94. The lowest BCUT2D eigenvalue weighted by atomic mass is 10.2. The van der Waals surface area contributed by atoms with Gasteiger partial charge in [-0.3, -0.25) is 4.79 Å². The molecule has 2 rings (SSSR count). The molecule has 0 aromatic heterocycles. The topological polar surface area (TPSA) is 32.8 Å². The summed E-state index contributed by atoms with van der Waals surface area (Å²) < 4.78 is 5.38. The zero-order chi connectivity index (χ0) is 15.2. The van der Waals surface area contributed by atoms with E-state index in [0.29, 0.717) is 12.4 Å². The van der Waals surface area contributed by atoms with Gasteiger partial charge >= 0.3 is 0 Å². The first-order chi connectivity index (χ1) is 10.2. The van der Waals surface area contributed by atoms with E-state index in [1.807, 2.05) is 17.0 Å². The normalized spacial score (nSPS) is 15.8. The molecule has 0 N–H and O–H groups in total. The summed E-state index contributed by atoms with van der Waals surface area (Å²) in [6.45, 7) is 3.17. The molecular formula is C15H20Cl2N2O2. The molecule has 0 unspecified atom stereocenters. The fourth-order valence-electron chi connectivity index (χ4n) is 2.55. The van der Waals surface area contributed by atoms with Crippen molar-refractivity contribution in [3.8, 4) is 5.75 Å². The Bertz CT molecular complexity index is 497. The Morgan fingerprint density at radius 1 is 1.24 bits per heavy atom. The number of hydrogen-bond acceptors (Lipinski definition) is 3. The second kappa shape index (κ2) is 7.76. The van der Waals surface area contributed by atoms with Gasteiger partial charge in [-0.05, 0) is 12.5 Å². The monoisotopic (exact) mass is 330 g/mol. The number of benzene rings is 1. The van der Waals surface area contributed by atoms with E-state index in [9.17, 15) is 4.79 Å². The Morgan fingerprint density at radius 2 is 2.05 bits per heavy atom. The van der Waals surface area contributed by atoms with Crippen molar-refractivity contribution < 1.29 is 9.53 Å². The Kier molecular flexibility index (Phi) is 6.00. The number of rotatable bonds is 4. The molecule has 1 fully saturated rings. The molecule has 1 heterocycles. The van der Waals surface area contributed by atoms with Crippen LogP contribution in [0.15, 0.2) is 18.2 Å². The van der Waals surface area contributed by atoms with Crippen LogP contribution in [0, 0.1) is 0 Å². The van der Waals surface area contributed by atoms with Crippen molar-refractivity contribution >= 4 is 34.8 Å². The van der Waals surface area contributed by atoms with Crippen LogP contribution in [-0.2, 0) is 10.7 Å². The van der Waals surface area contributed by atoms with Gasteiger partial charge in [0.2, 0.25) is 5.91 Å². The van der Waals surface area contributed by atoms with E-state index in [1.54, 1.807) is 7.11 Å². The molecule has 1 aliphatic heterocycles. The smallest absolute Gasteiger partial charge is 0.237 e. The lowest BCUT2D eigenvalue weighted by Crippen LogP contribution is -2.35. The molecule has 0 saturated carbocycles. The highest BCUT2D eigenvalue weighted by Gasteiger charge is 2.19. The van der Waals surface area contributed by atoms with E-state index in [4.69, 9.17) is 27.9 Å². The number of carbonyl (C=O) groups excluding carboxylic acids is 1. The molecular weight excluding hydrogens is 311 g/mol. The van der Waals surface area contributed by atoms with Gasteiger partial charge in [-0.25, -0.2) is 0 Å². The van der Waals surface area contributed by atoms with Gasteiger partial charge in [-0.15, -0.1) is 23.2 Å². The lowest BCUT2D eigenvalue weighted by Gasteiger charge is -2.24. The number of halogens is 2. The summed E-state index contributed by atoms with van der Waals surface area (Å²) in [4.78, 5) is 15.8. The molecule has 0 atom stereocenters. The van der Waals surface area contributed by atoms with Gasteiger partial charge < -0.3 is 14.5 Å². The maximum absolute atomic E-state index is 11.7. The minimum absolute atomic E-state index is 0.00795. The van der Waals surface area contributed by atoms with Gasteiger partial charge in [0.25, 0.3) is 0 Å². The van der Waals surface area contributed by atoms with Gasteiger partial charge in [-0.2, -0.15) is 0 Å². The number of nitrogens with zero attached hydrogens (tertiary/aromatic N) is 2. The predicted octanol–water partition coefficient (Wildman–Crippen LogP) is 2.71. The molecule has 0 spiro atoms. The number of amides is 1. The Morgan fingerprint density at radius 3 is 2.71 bits per heavy atom. The van der Waals surface area contributed by atoms with Crippen LogP contribution < -0.4 is 9.64 Å². The first-order valence-corrected chi connectivity index (χ1v) is 8.08. The molecule has 1 aromatic carbocycles. The van der Waals surface area contributed by atoms with Crippen LogP contribution in [0.3, 0.4) is 0 Å². The molecule has 6 heteroatoms. The van der Waals surface area contributed by atoms with Gasteiger partial charge in [-0.1, -0.05) is 6.07 Å². The van der Waals surface area contributed by atoms with E-state index in [0.717, 1.165) is 43.1 Å². The van der Waals surface area contributed by atoms with Crippen LogP contribution in [0.1, 0.15) is 12.0 Å². The standard InChI is InChI=1S/C15H20Cl2N2O2/c1-21-14-9-13(4-3-12(14)10-16)18-5-2-6-19(8-7-18)15(20)11-17/h3-4,9H,2,5-8,10-11H2,1H3. The minimum atomic E-state index is 0.00795. The third-order valence-corrected chi connectivity index (χ3v) is 4.26. The van der Waals surface area contributed by atoms with E-state index in [2.05, 4.69) is 11.0 Å². The average molecular weight is 331 g/mol. The average Bonchev–Trinajstić information content (AvgIpc) is 2.79. The van der Waals surface area contributed by atoms with Crippen molar-refractivity contribution in [1.82, 2.24) is 4.90 Å². The quantitative estimate of drug-likeness (QED) is 0.796. The predicted molar refractivity (Wildman–Crippen MR) is 86.7 cm³/mol. The Balaban J connectivity index is 2.10. The lowest BCUT2D eigenvalue weighted by molar-refractivity contribution is -0.128. The third-order valence-electron chi connectivity index (χ3n) is 3.74. The van der Waals surface area contributed by atoms with Crippen molar-refractivity contribution in [3.63, 3.8) is 0 Å². The van der Waals surface area contributed by atoms with Gasteiger partial charge in [0.15, 0.2) is 0 Å². The van der Waals surface area contributed by atoms with Crippen LogP contribution >= 0.6 is 23.2 Å². The highest BCUT2D eigenvalue weighted by atomic mass is 35.5. The van der Waals surface area contributed by atoms with Gasteiger partial charge in [0.05, 0.1) is 13.0 Å². The summed E-state index contributed by atoms with van der Waals surface area (Å²) in [7, 11) is 1.65. The Hall–Kier alpha value is -1.13. The molecule has 21 heavy (non-hydrogen) atoms. The van der Waals surface area contributed by atoms with Crippen LogP contribution in [-0.4, -0.2) is 50.0 Å². The molecule has 1 aliphatic rings. The molecule has 0 bridgehead atoms. The second-order valence-corrected chi connectivity index (χ2v) is 5.52. The zero-order valence-electron chi connectivity index (χ0n) is 12.1. The molecule has 1 amide bonds. The first kappa shape index (κ1) is 16.2. The number of carbonyl (C=O) groups is 1. The highest BCUT2D eigenvalue weighted by molar-refractivity contribution is 6.27. The van der Waals surface area contributed by atoms with Crippen molar-refractivity contribution in [1.29, 1.82) is 0 Å². The van der Waals surface area contributed by atoms with Crippen LogP contribution in [0.4, 0.5) is 5.69 Å². The van der Waals surface area contributed by atoms with Crippen molar-refractivity contribution in [2.75, 3.05) is 44.1 Å². The number of hydrogen-bond donors (Lipinski definition) is 0. The van der Waals surface area contributed by atoms with Crippen molar-refractivity contribution in [3.05, 3.63) is 23.8 Å². The van der Waals surface area contributed by atoms with Crippen molar-refractivity contribution in [2.24, 2.45) is 0 Å². The molecule has 1 saturated heterocycles. The maximum Gasteiger partial charge on any atom is 0.237 e. The SMILES string of the molecule is COc1cc(N2CCCN(C(=O)CCl)CC2)ccc1CCl. The van der Waals surface area contributed by atoms with Crippen LogP contribution in [0.2, 0.25) is 0 Å². The van der Waals surface area contributed by atoms with E-state index in [1.165, 1.54) is 0 Å². The third kappa shape index (κ3) is 3.95. The zero-order valence-corrected chi connectivity index (χ0v) is 13.7. The number of ether oxygens (including phenoxy) is 1. The summed E-state index contributed by atoms with van der Waals surface area (Å²) in [6.07, 6.45) is 0.933. The van der Waals surface area contributed by atoms with Crippen LogP contribution in [0.5, 0.6) is 5.75 Å². The maximum atomic E-state index is 11.7. The molecule has 4 nitrogen and oxygen atoms in total. The van der Waals surface area contributed by atoms with Gasteiger partial charge in [0.1, 0.15) is 11.6 Å². The highest BCUT2D eigenvalue weighted by Crippen LogP contribution is 2.27. The summed E-state index contributed by atoms with van der Waals surface area (Å²) in [6, 6.07) is 6.06. The summed E-state index contributed by atoms with van der Waals surface area (Å²) in [5.41, 5.74) is 2.08. The second-order valence-electron chi connectivity index (χ2n) is 4.98. The summed E-state index contributed by atoms with van der Waals surface area (Å²) in [5, 5.41) is 0. The molecule has 116 valence electrons. The van der Waals surface area contributed by atoms with Crippen LogP contribution in [0.25, 0.3) is 0 Å². The summed E-state index contributed by atoms with van der Waals surface area (Å²) >= 11 is 11.5. The fraction of sp³-hybridized carbons (Fsp3) is 0.533. The minimum Gasteiger partial charge on any atom is -0.496 e.